The standard InChI is InChI=1S/C27H29NO3/c1-20-8-10-23(11-9-20)27(14-16-30-17-15-27)26(29)28-24-12-13-25(21(2)18-24)31-19-22-6-4-3-5-7-22/h3-13,18H,14-17,19H2,1-2H3,(H,28,29). The van der Waals surface area contributed by atoms with Crippen LogP contribution in [0.3, 0.4) is 0 Å². The largest absolute Gasteiger partial charge is 0.489 e. The quantitative estimate of drug-likeness (QED) is 0.573. The van der Waals surface area contributed by atoms with Crippen molar-refractivity contribution >= 4 is 11.6 Å². The number of hydrogen-bond donors (Lipinski definition) is 1. The van der Waals surface area contributed by atoms with Gasteiger partial charge in [0.2, 0.25) is 5.91 Å². The van der Waals surface area contributed by atoms with Crippen molar-refractivity contribution < 1.29 is 14.3 Å². The summed E-state index contributed by atoms with van der Waals surface area (Å²) in [4.78, 5) is 13.5. The zero-order valence-corrected chi connectivity index (χ0v) is 18.2. The number of ether oxygens (including phenoxy) is 2. The summed E-state index contributed by atoms with van der Waals surface area (Å²) < 4.78 is 11.5. The normalized spacial score (nSPS) is 15.3. The van der Waals surface area contributed by atoms with Gasteiger partial charge in [0.1, 0.15) is 12.4 Å². The van der Waals surface area contributed by atoms with Crippen molar-refractivity contribution in [3.8, 4) is 5.75 Å². The predicted octanol–water partition coefficient (Wildman–Crippen LogP) is 5.57. The number of hydrogen-bond acceptors (Lipinski definition) is 3. The molecule has 0 aromatic heterocycles. The van der Waals surface area contributed by atoms with Gasteiger partial charge in [-0.2, -0.15) is 0 Å². The smallest absolute Gasteiger partial charge is 0.235 e. The Kier molecular flexibility index (Phi) is 6.38. The number of rotatable bonds is 6. The molecule has 160 valence electrons. The summed E-state index contributed by atoms with van der Waals surface area (Å²) in [7, 11) is 0. The average Bonchev–Trinajstić information content (AvgIpc) is 2.80. The lowest BCUT2D eigenvalue weighted by molar-refractivity contribution is -0.125. The summed E-state index contributed by atoms with van der Waals surface area (Å²) in [5, 5.41) is 3.16. The van der Waals surface area contributed by atoms with Crippen molar-refractivity contribution in [2.24, 2.45) is 0 Å². The zero-order chi connectivity index (χ0) is 21.7. The van der Waals surface area contributed by atoms with Crippen LogP contribution in [-0.4, -0.2) is 19.1 Å². The lowest BCUT2D eigenvalue weighted by Gasteiger charge is -2.36. The van der Waals surface area contributed by atoms with Crippen LogP contribution in [0.2, 0.25) is 0 Å². The third-order valence-corrected chi connectivity index (χ3v) is 6.06. The van der Waals surface area contributed by atoms with Gasteiger partial charge < -0.3 is 14.8 Å². The minimum absolute atomic E-state index is 0.0250. The summed E-state index contributed by atoms with van der Waals surface area (Å²) in [6, 6.07) is 24.2. The first-order valence-electron chi connectivity index (χ1n) is 10.8. The van der Waals surface area contributed by atoms with E-state index in [0.717, 1.165) is 28.1 Å². The van der Waals surface area contributed by atoms with E-state index in [4.69, 9.17) is 9.47 Å². The molecule has 1 aliphatic heterocycles. The van der Waals surface area contributed by atoms with Crippen LogP contribution < -0.4 is 10.1 Å². The Hall–Kier alpha value is -3.11. The maximum Gasteiger partial charge on any atom is 0.235 e. The van der Waals surface area contributed by atoms with Gasteiger partial charge in [0.05, 0.1) is 5.41 Å². The zero-order valence-electron chi connectivity index (χ0n) is 18.2. The van der Waals surface area contributed by atoms with Gasteiger partial charge in [0, 0.05) is 18.9 Å². The van der Waals surface area contributed by atoms with Crippen LogP contribution in [0.5, 0.6) is 5.75 Å². The first-order chi connectivity index (χ1) is 15.1. The molecule has 0 spiro atoms. The molecule has 4 rings (SSSR count). The maximum absolute atomic E-state index is 13.5. The fourth-order valence-corrected chi connectivity index (χ4v) is 4.11. The molecule has 0 saturated carbocycles. The minimum Gasteiger partial charge on any atom is -0.489 e. The molecule has 1 saturated heterocycles. The Morgan fingerprint density at radius 1 is 0.968 bits per heavy atom. The lowest BCUT2D eigenvalue weighted by atomic mass is 9.73. The molecular formula is C27H29NO3. The summed E-state index contributed by atoms with van der Waals surface area (Å²) >= 11 is 0. The molecule has 1 fully saturated rings. The van der Waals surface area contributed by atoms with Gasteiger partial charge in [-0.15, -0.1) is 0 Å². The lowest BCUT2D eigenvalue weighted by Crippen LogP contribution is -2.44. The van der Waals surface area contributed by atoms with E-state index in [1.54, 1.807) is 0 Å². The third-order valence-electron chi connectivity index (χ3n) is 6.06. The van der Waals surface area contributed by atoms with Crippen molar-refractivity contribution in [2.45, 2.75) is 38.7 Å². The Bertz CT molecular complexity index is 1020. The molecule has 0 bridgehead atoms. The summed E-state index contributed by atoms with van der Waals surface area (Å²) in [6.07, 6.45) is 1.36. The molecular weight excluding hydrogens is 386 g/mol. The Balaban J connectivity index is 1.49. The van der Waals surface area contributed by atoms with E-state index in [2.05, 4.69) is 36.5 Å². The number of nitrogens with one attached hydrogen (secondary N) is 1. The van der Waals surface area contributed by atoms with E-state index >= 15 is 0 Å². The summed E-state index contributed by atoms with van der Waals surface area (Å²) in [6.45, 7) is 5.76. The third kappa shape index (κ3) is 4.80. The van der Waals surface area contributed by atoms with E-state index in [1.807, 2.05) is 55.5 Å². The topological polar surface area (TPSA) is 47.6 Å². The molecule has 0 atom stereocenters. The second-order valence-electron chi connectivity index (χ2n) is 8.27. The Labute approximate surface area is 184 Å². The number of benzene rings is 3. The van der Waals surface area contributed by atoms with Crippen molar-refractivity contribution in [2.75, 3.05) is 18.5 Å². The highest BCUT2D eigenvalue weighted by Crippen LogP contribution is 2.36. The van der Waals surface area contributed by atoms with Crippen LogP contribution in [0.25, 0.3) is 0 Å². The monoisotopic (exact) mass is 415 g/mol. The van der Waals surface area contributed by atoms with Gasteiger partial charge in [-0.05, 0) is 61.6 Å². The van der Waals surface area contributed by atoms with Gasteiger partial charge in [-0.25, -0.2) is 0 Å². The number of carbonyl (C=O) groups is 1. The van der Waals surface area contributed by atoms with E-state index in [-0.39, 0.29) is 5.91 Å². The van der Waals surface area contributed by atoms with Gasteiger partial charge in [-0.3, -0.25) is 4.79 Å². The van der Waals surface area contributed by atoms with Gasteiger partial charge in [-0.1, -0.05) is 60.2 Å². The van der Waals surface area contributed by atoms with Crippen LogP contribution in [0, 0.1) is 13.8 Å². The molecule has 0 radical (unpaired) electrons. The van der Waals surface area contributed by atoms with Crippen LogP contribution >= 0.6 is 0 Å². The van der Waals surface area contributed by atoms with Crippen LogP contribution in [0.1, 0.15) is 35.1 Å². The van der Waals surface area contributed by atoms with Crippen LogP contribution in [0.15, 0.2) is 72.8 Å². The van der Waals surface area contributed by atoms with E-state index in [1.165, 1.54) is 5.56 Å². The summed E-state index contributed by atoms with van der Waals surface area (Å²) in [5.74, 6) is 0.846. The van der Waals surface area contributed by atoms with Crippen LogP contribution in [0.4, 0.5) is 5.69 Å². The highest BCUT2D eigenvalue weighted by molar-refractivity contribution is 5.99. The number of carbonyl (C=O) groups excluding carboxylic acids is 1. The SMILES string of the molecule is Cc1ccc(C2(C(=O)Nc3ccc(OCc4ccccc4)c(C)c3)CCOCC2)cc1. The molecule has 3 aromatic carbocycles. The number of aryl methyl sites for hydroxylation is 2. The fraction of sp³-hybridized carbons (Fsp3) is 0.296. The Morgan fingerprint density at radius 3 is 2.35 bits per heavy atom. The van der Waals surface area contributed by atoms with E-state index in [9.17, 15) is 4.79 Å². The van der Waals surface area contributed by atoms with Crippen molar-refractivity contribution in [1.29, 1.82) is 0 Å². The molecule has 31 heavy (non-hydrogen) atoms. The highest BCUT2D eigenvalue weighted by atomic mass is 16.5. The second kappa shape index (κ2) is 9.36. The maximum atomic E-state index is 13.5. The molecule has 1 aliphatic rings. The molecule has 4 nitrogen and oxygen atoms in total. The fourth-order valence-electron chi connectivity index (χ4n) is 4.11. The van der Waals surface area contributed by atoms with Crippen molar-refractivity contribution in [1.82, 2.24) is 0 Å². The average molecular weight is 416 g/mol. The molecule has 0 unspecified atom stereocenters. The second-order valence-corrected chi connectivity index (χ2v) is 8.27. The van der Waals surface area contributed by atoms with E-state index < -0.39 is 5.41 Å². The molecule has 1 heterocycles. The van der Waals surface area contributed by atoms with Gasteiger partial charge in [0.25, 0.3) is 0 Å². The molecule has 1 N–H and O–H groups in total. The molecule has 3 aromatic rings. The first-order valence-corrected chi connectivity index (χ1v) is 10.8. The number of anilines is 1. The van der Waals surface area contributed by atoms with Gasteiger partial charge >= 0.3 is 0 Å². The number of amides is 1. The minimum atomic E-state index is -0.567. The van der Waals surface area contributed by atoms with E-state index in [0.29, 0.717) is 32.7 Å². The molecule has 1 amide bonds. The first kappa shape index (κ1) is 21.1. The Morgan fingerprint density at radius 2 is 1.68 bits per heavy atom. The predicted molar refractivity (Wildman–Crippen MR) is 123 cm³/mol. The molecule has 0 aliphatic carbocycles. The van der Waals surface area contributed by atoms with Gasteiger partial charge in [0.15, 0.2) is 0 Å². The summed E-state index contributed by atoms with van der Waals surface area (Å²) in [5.41, 5.74) is 4.57. The molecule has 4 heteroatoms. The van der Waals surface area contributed by atoms with Crippen LogP contribution in [-0.2, 0) is 21.6 Å². The highest BCUT2D eigenvalue weighted by Gasteiger charge is 2.41. The van der Waals surface area contributed by atoms with Crippen molar-refractivity contribution in [3.63, 3.8) is 0 Å². The van der Waals surface area contributed by atoms with Crippen molar-refractivity contribution in [3.05, 3.63) is 95.1 Å².